The zero-order valence-corrected chi connectivity index (χ0v) is 12.7. The first-order valence-corrected chi connectivity index (χ1v) is 7.55. The Kier molecular flexibility index (Phi) is 3.66. The number of nitrogens with one attached hydrogen (secondary N) is 2. The third-order valence-electron chi connectivity index (χ3n) is 2.69. The van der Waals surface area contributed by atoms with Gasteiger partial charge in [0.2, 0.25) is 0 Å². The molecule has 0 unspecified atom stereocenters. The number of amides is 1. The molecular weight excluding hydrogens is 338 g/mol. The highest BCUT2D eigenvalue weighted by Crippen LogP contribution is 2.24. The minimum absolute atomic E-state index is 0.174. The Morgan fingerprint density at radius 3 is 2.95 bits per heavy atom. The molecule has 1 aromatic carbocycles. The maximum Gasteiger partial charge on any atom is 0.272 e. The number of carbonyl (C=O) groups excluding carboxylic acids is 1. The number of H-pyrrole nitrogens is 1. The SMILES string of the molecule is O=C(Nc1cccc(-c2nccs2)c1)c1cc(Br)c[nH]1. The Labute approximate surface area is 128 Å². The van der Waals surface area contributed by atoms with E-state index in [-0.39, 0.29) is 5.91 Å². The topological polar surface area (TPSA) is 57.8 Å². The van der Waals surface area contributed by atoms with Crippen molar-refractivity contribution < 1.29 is 4.79 Å². The van der Waals surface area contributed by atoms with Crippen LogP contribution in [0.5, 0.6) is 0 Å². The maximum atomic E-state index is 12.0. The summed E-state index contributed by atoms with van der Waals surface area (Å²) in [6.07, 6.45) is 3.49. The second-order valence-electron chi connectivity index (χ2n) is 4.10. The number of aromatic nitrogens is 2. The molecule has 0 aliphatic heterocycles. The van der Waals surface area contributed by atoms with Crippen molar-refractivity contribution in [2.45, 2.75) is 0 Å². The van der Waals surface area contributed by atoms with Crippen LogP contribution in [-0.2, 0) is 0 Å². The number of thiazole rings is 1. The predicted octanol–water partition coefficient (Wildman–Crippen LogP) is 4.15. The Morgan fingerprint density at radius 2 is 2.25 bits per heavy atom. The molecule has 100 valence electrons. The molecule has 0 atom stereocenters. The summed E-state index contributed by atoms with van der Waals surface area (Å²) in [5.41, 5.74) is 2.25. The number of hydrogen-bond donors (Lipinski definition) is 2. The van der Waals surface area contributed by atoms with E-state index in [0.717, 1.165) is 20.7 Å². The monoisotopic (exact) mass is 347 g/mol. The highest BCUT2D eigenvalue weighted by molar-refractivity contribution is 9.10. The van der Waals surface area contributed by atoms with E-state index < -0.39 is 0 Å². The van der Waals surface area contributed by atoms with Gasteiger partial charge >= 0.3 is 0 Å². The van der Waals surface area contributed by atoms with Crippen molar-refractivity contribution in [1.82, 2.24) is 9.97 Å². The molecule has 0 saturated carbocycles. The quantitative estimate of drug-likeness (QED) is 0.747. The Balaban J connectivity index is 1.81. The normalized spacial score (nSPS) is 10.4. The van der Waals surface area contributed by atoms with Crippen molar-refractivity contribution in [1.29, 1.82) is 0 Å². The van der Waals surface area contributed by atoms with Gasteiger partial charge in [0.25, 0.3) is 5.91 Å². The van der Waals surface area contributed by atoms with E-state index in [2.05, 4.69) is 31.2 Å². The molecule has 4 nitrogen and oxygen atoms in total. The lowest BCUT2D eigenvalue weighted by Gasteiger charge is -2.05. The summed E-state index contributed by atoms with van der Waals surface area (Å²) in [4.78, 5) is 19.2. The molecule has 0 bridgehead atoms. The fourth-order valence-electron chi connectivity index (χ4n) is 1.79. The van der Waals surface area contributed by atoms with Crippen LogP contribution in [0.3, 0.4) is 0 Å². The van der Waals surface area contributed by atoms with Gasteiger partial charge in [-0.1, -0.05) is 12.1 Å². The lowest BCUT2D eigenvalue weighted by Crippen LogP contribution is -2.12. The van der Waals surface area contributed by atoms with Gasteiger partial charge in [0.05, 0.1) is 0 Å². The second kappa shape index (κ2) is 5.60. The van der Waals surface area contributed by atoms with Crippen LogP contribution < -0.4 is 5.32 Å². The summed E-state index contributed by atoms with van der Waals surface area (Å²) >= 11 is 4.87. The van der Waals surface area contributed by atoms with Crippen LogP contribution in [0.1, 0.15) is 10.5 Å². The molecule has 3 aromatic rings. The van der Waals surface area contributed by atoms with Crippen LogP contribution in [0.2, 0.25) is 0 Å². The number of carbonyl (C=O) groups is 1. The first kappa shape index (κ1) is 13.1. The van der Waals surface area contributed by atoms with Crippen molar-refractivity contribution >= 4 is 38.9 Å². The van der Waals surface area contributed by atoms with Gasteiger partial charge in [-0.25, -0.2) is 4.98 Å². The third kappa shape index (κ3) is 2.81. The van der Waals surface area contributed by atoms with Crippen LogP contribution in [-0.4, -0.2) is 15.9 Å². The van der Waals surface area contributed by atoms with Gasteiger partial charge in [-0.15, -0.1) is 11.3 Å². The molecule has 0 fully saturated rings. The number of halogens is 1. The van der Waals surface area contributed by atoms with Gasteiger partial charge < -0.3 is 10.3 Å². The van der Waals surface area contributed by atoms with Crippen molar-refractivity contribution in [2.24, 2.45) is 0 Å². The molecule has 2 heterocycles. The number of benzene rings is 1. The Hall–Kier alpha value is -1.92. The van der Waals surface area contributed by atoms with Crippen LogP contribution in [0.25, 0.3) is 10.6 Å². The number of nitrogens with zero attached hydrogens (tertiary/aromatic N) is 1. The van der Waals surface area contributed by atoms with Crippen LogP contribution in [0.4, 0.5) is 5.69 Å². The van der Waals surface area contributed by atoms with E-state index in [9.17, 15) is 4.79 Å². The summed E-state index contributed by atoms with van der Waals surface area (Å²) in [5.74, 6) is -0.174. The largest absolute Gasteiger partial charge is 0.356 e. The minimum atomic E-state index is -0.174. The molecule has 2 aromatic heterocycles. The van der Waals surface area contributed by atoms with E-state index in [4.69, 9.17) is 0 Å². The molecule has 0 saturated heterocycles. The average molecular weight is 348 g/mol. The molecular formula is C14H10BrN3OS. The molecule has 0 spiro atoms. The molecule has 1 amide bonds. The van der Waals surface area contributed by atoms with Gasteiger partial charge in [-0.2, -0.15) is 0 Å². The van der Waals surface area contributed by atoms with Crippen LogP contribution >= 0.6 is 27.3 Å². The smallest absolute Gasteiger partial charge is 0.272 e. The summed E-state index contributed by atoms with van der Waals surface area (Å²) in [5, 5.41) is 5.72. The van der Waals surface area contributed by atoms with Crippen molar-refractivity contribution in [2.75, 3.05) is 5.32 Å². The van der Waals surface area contributed by atoms with Crippen molar-refractivity contribution in [3.05, 3.63) is 58.3 Å². The summed E-state index contributed by atoms with van der Waals surface area (Å²) in [6.45, 7) is 0. The third-order valence-corrected chi connectivity index (χ3v) is 3.97. The molecule has 0 aliphatic carbocycles. The van der Waals surface area contributed by atoms with Crippen LogP contribution in [0, 0.1) is 0 Å². The predicted molar refractivity (Wildman–Crippen MR) is 84.0 cm³/mol. The van der Waals surface area contributed by atoms with Crippen molar-refractivity contribution in [3.63, 3.8) is 0 Å². The van der Waals surface area contributed by atoms with Crippen LogP contribution in [0.15, 0.2) is 52.6 Å². The first-order valence-electron chi connectivity index (χ1n) is 5.87. The number of rotatable bonds is 3. The highest BCUT2D eigenvalue weighted by Gasteiger charge is 2.09. The first-order chi connectivity index (χ1) is 9.72. The minimum Gasteiger partial charge on any atom is -0.356 e. The Morgan fingerprint density at radius 1 is 1.35 bits per heavy atom. The molecule has 0 radical (unpaired) electrons. The summed E-state index contributed by atoms with van der Waals surface area (Å²) < 4.78 is 0.846. The fourth-order valence-corrected chi connectivity index (χ4v) is 2.77. The highest BCUT2D eigenvalue weighted by atomic mass is 79.9. The number of hydrogen-bond acceptors (Lipinski definition) is 3. The van der Waals surface area contributed by atoms with Gasteiger partial charge in [-0.05, 0) is 34.1 Å². The van der Waals surface area contributed by atoms with E-state index in [1.54, 1.807) is 29.8 Å². The van der Waals surface area contributed by atoms with E-state index in [1.165, 1.54) is 0 Å². The molecule has 6 heteroatoms. The van der Waals surface area contributed by atoms with Gasteiger partial charge in [0.15, 0.2) is 0 Å². The molecule has 2 N–H and O–H groups in total. The zero-order valence-electron chi connectivity index (χ0n) is 10.3. The zero-order chi connectivity index (χ0) is 13.9. The van der Waals surface area contributed by atoms with Gasteiger partial charge in [0, 0.05) is 33.5 Å². The lowest BCUT2D eigenvalue weighted by molar-refractivity contribution is 0.102. The molecule has 3 rings (SSSR count). The van der Waals surface area contributed by atoms with E-state index in [1.807, 2.05) is 29.6 Å². The maximum absolute atomic E-state index is 12.0. The standard InChI is InChI=1S/C14H10BrN3OS/c15-10-7-12(17-8-10)13(19)18-11-3-1-2-9(6-11)14-16-4-5-20-14/h1-8,17H,(H,18,19). The van der Waals surface area contributed by atoms with E-state index in [0.29, 0.717) is 5.69 Å². The second-order valence-corrected chi connectivity index (χ2v) is 5.91. The molecule has 20 heavy (non-hydrogen) atoms. The summed E-state index contributed by atoms with van der Waals surface area (Å²) in [6, 6.07) is 9.37. The summed E-state index contributed by atoms with van der Waals surface area (Å²) in [7, 11) is 0. The average Bonchev–Trinajstić information content (AvgIpc) is 3.10. The van der Waals surface area contributed by atoms with Gasteiger partial charge in [0.1, 0.15) is 10.7 Å². The number of aromatic amines is 1. The van der Waals surface area contributed by atoms with Crippen molar-refractivity contribution in [3.8, 4) is 10.6 Å². The molecule has 0 aliphatic rings. The van der Waals surface area contributed by atoms with Gasteiger partial charge in [-0.3, -0.25) is 4.79 Å². The number of anilines is 1. The lowest BCUT2D eigenvalue weighted by atomic mass is 10.2. The fraction of sp³-hybridized carbons (Fsp3) is 0. The van der Waals surface area contributed by atoms with E-state index >= 15 is 0 Å². The Bertz CT molecular complexity index is 736.